The van der Waals surface area contributed by atoms with Crippen LogP contribution in [-0.4, -0.2) is 46.9 Å². The Balaban J connectivity index is 1.44. The predicted octanol–water partition coefficient (Wildman–Crippen LogP) is 2.25. The smallest absolute Gasteiger partial charge is 0.233 e. The molecule has 5 heteroatoms. The minimum Gasteiger partial charge on any atom is -0.360 e. The third kappa shape index (κ3) is 3.30. The highest BCUT2D eigenvalue weighted by Gasteiger charge is 2.31. The predicted molar refractivity (Wildman–Crippen MR) is 84.1 cm³/mol. The molecule has 1 saturated carbocycles. The average molecular weight is 295 g/mol. The fraction of sp³-hybridized carbons (Fsp3) is 0.867. The highest BCUT2D eigenvalue weighted by Crippen LogP contribution is 2.27. The number of aliphatic imine (C=N–C) groups is 1. The van der Waals surface area contributed by atoms with Crippen LogP contribution in [0, 0.1) is 5.92 Å². The van der Waals surface area contributed by atoms with Crippen LogP contribution in [0.2, 0.25) is 0 Å². The largest absolute Gasteiger partial charge is 0.360 e. The number of amides is 1. The molecule has 1 N–H and O–H groups in total. The molecule has 1 aliphatic carbocycles. The summed E-state index contributed by atoms with van der Waals surface area (Å²) in [7, 11) is 0. The first-order chi connectivity index (χ1) is 9.72. The number of thioether (sulfide) groups is 1. The minimum absolute atomic E-state index is 0.279. The number of likely N-dealkylation sites (tertiary alicyclic amines) is 1. The first kappa shape index (κ1) is 14.2. The number of nitrogens with one attached hydrogen (secondary N) is 1. The summed E-state index contributed by atoms with van der Waals surface area (Å²) in [5.74, 6) is 1.59. The van der Waals surface area contributed by atoms with Gasteiger partial charge in [0, 0.05) is 13.1 Å². The molecule has 0 aromatic heterocycles. The number of fused-ring (bicyclic) bond motifs is 1. The normalized spacial score (nSPS) is 30.6. The van der Waals surface area contributed by atoms with Gasteiger partial charge in [0.1, 0.15) is 0 Å². The van der Waals surface area contributed by atoms with E-state index in [1.165, 1.54) is 25.7 Å². The van der Waals surface area contributed by atoms with E-state index in [4.69, 9.17) is 4.99 Å². The highest BCUT2D eigenvalue weighted by atomic mass is 32.2. The zero-order valence-corrected chi connectivity index (χ0v) is 13.1. The van der Waals surface area contributed by atoms with Gasteiger partial charge >= 0.3 is 0 Å². The molecule has 20 heavy (non-hydrogen) atoms. The number of nitrogens with zero attached hydrogens (tertiary/aromatic N) is 2. The fourth-order valence-electron chi connectivity index (χ4n) is 3.34. The summed E-state index contributed by atoms with van der Waals surface area (Å²) in [5.41, 5.74) is 0. The van der Waals surface area contributed by atoms with Gasteiger partial charge in [0.25, 0.3) is 0 Å². The van der Waals surface area contributed by atoms with Gasteiger partial charge in [-0.25, -0.2) is 0 Å². The quantitative estimate of drug-likeness (QED) is 0.850. The zero-order chi connectivity index (χ0) is 13.9. The summed E-state index contributed by atoms with van der Waals surface area (Å²) in [6, 6.07) is 1.01. The van der Waals surface area contributed by atoms with Crippen LogP contribution in [0.1, 0.15) is 45.4 Å². The Bertz CT molecular complexity index is 391. The van der Waals surface area contributed by atoms with Crippen molar-refractivity contribution in [2.24, 2.45) is 10.9 Å². The van der Waals surface area contributed by atoms with Crippen molar-refractivity contribution in [1.29, 1.82) is 0 Å². The van der Waals surface area contributed by atoms with Crippen molar-refractivity contribution in [3.05, 3.63) is 0 Å². The molecular weight excluding hydrogens is 270 g/mol. The van der Waals surface area contributed by atoms with Crippen molar-refractivity contribution in [3.8, 4) is 0 Å². The number of amidine groups is 1. The molecule has 1 saturated heterocycles. The van der Waals surface area contributed by atoms with E-state index >= 15 is 0 Å². The van der Waals surface area contributed by atoms with Crippen LogP contribution in [-0.2, 0) is 4.79 Å². The molecule has 0 bridgehead atoms. The van der Waals surface area contributed by atoms with Crippen LogP contribution in [0.4, 0.5) is 0 Å². The molecule has 2 aliphatic heterocycles. The second kappa shape index (κ2) is 6.37. The molecule has 0 unspecified atom stereocenters. The third-order valence-electron chi connectivity index (χ3n) is 4.79. The molecule has 3 aliphatic rings. The lowest BCUT2D eigenvalue weighted by atomic mass is 9.92. The number of carbonyl (C=O) groups excluding carboxylic acids is 1. The van der Waals surface area contributed by atoms with Gasteiger partial charge in [-0.2, -0.15) is 0 Å². The molecule has 2 heterocycles. The summed E-state index contributed by atoms with van der Waals surface area (Å²) >= 11 is 1.60. The number of hydrogen-bond donors (Lipinski definition) is 1. The van der Waals surface area contributed by atoms with Crippen LogP contribution in [0.3, 0.4) is 0 Å². The van der Waals surface area contributed by atoms with E-state index < -0.39 is 0 Å². The molecule has 1 amide bonds. The topological polar surface area (TPSA) is 44.7 Å². The van der Waals surface area contributed by atoms with Gasteiger partial charge in [0.2, 0.25) is 5.91 Å². The third-order valence-corrected chi connectivity index (χ3v) is 5.68. The van der Waals surface area contributed by atoms with Gasteiger partial charge in [-0.05, 0) is 31.6 Å². The number of hydrogen-bond acceptors (Lipinski definition) is 4. The second-order valence-electron chi connectivity index (χ2n) is 6.39. The zero-order valence-electron chi connectivity index (χ0n) is 12.3. The van der Waals surface area contributed by atoms with Gasteiger partial charge in [-0.1, -0.05) is 31.5 Å². The average Bonchev–Trinajstić information content (AvgIpc) is 2.88. The van der Waals surface area contributed by atoms with Crippen molar-refractivity contribution in [2.75, 3.05) is 18.8 Å². The summed E-state index contributed by atoms with van der Waals surface area (Å²) in [4.78, 5) is 19.0. The SMILES string of the molecule is CC1CCN(C(=O)CSC2=N[C@H]3CCCC[C@@H]3N2)CC1. The summed E-state index contributed by atoms with van der Waals surface area (Å²) < 4.78 is 0. The standard InChI is InChI=1S/C15H25N3OS/c1-11-6-8-18(9-7-11)14(19)10-20-15-16-12-4-2-3-5-13(12)17-15/h11-13H,2-10H2,1H3,(H,16,17)/t12-,13-/m0/s1. The summed E-state index contributed by atoms with van der Waals surface area (Å²) in [6.45, 7) is 4.15. The molecular formula is C15H25N3OS. The lowest BCUT2D eigenvalue weighted by molar-refractivity contribution is -0.129. The van der Waals surface area contributed by atoms with Crippen LogP contribution in [0.15, 0.2) is 4.99 Å². The Kier molecular flexibility index (Phi) is 4.54. The maximum Gasteiger partial charge on any atom is 0.233 e. The first-order valence-corrected chi connectivity index (χ1v) is 8.96. The van der Waals surface area contributed by atoms with E-state index in [9.17, 15) is 4.79 Å². The van der Waals surface area contributed by atoms with Crippen LogP contribution < -0.4 is 5.32 Å². The molecule has 112 valence electrons. The molecule has 4 nitrogen and oxygen atoms in total. The van der Waals surface area contributed by atoms with Gasteiger partial charge < -0.3 is 10.2 Å². The van der Waals surface area contributed by atoms with Crippen molar-refractivity contribution >= 4 is 22.8 Å². The van der Waals surface area contributed by atoms with E-state index in [1.54, 1.807) is 11.8 Å². The molecule has 0 radical (unpaired) electrons. The first-order valence-electron chi connectivity index (χ1n) is 7.97. The van der Waals surface area contributed by atoms with Crippen molar-refractivity contribution in [3.63, 3.8) is 0 Å². The molecule has 3 rings (SSSR count). The minimum atomic E-state index is 0.279. The maximum atomic E-state index is 12.2. The van der Waals surface area contributed by atoms with E-state index in [1.807, 2.05) is 4.90 Å². The Morgan fingerprint density at radius 1 is 1.30 bits per heavy atom. The number of carbonyl (C=O) groups is 1. The molecule has 2 fully saturated rings. The van der Waals surface area contributed by atoms with Gasteiger partial charge in [-0.3, -0.25) is 9.79 Å². The molecule has 0 aromatic carbocycles. The van der Waals surface area contributed by atoms with Crippen molar-refractivity contribution in [2.45, 2.75) is 57.5 Å². The van der Waals surface area contributed by atoms with Crippen molar-refractivity contribution in [1.82, 2.24) is 10.2 Å². The van der Waals surface area contributed by atoms with Gasteiger partial charge in [0.15, 0.2) is 5.17 Å². The van der Waals surface area contributed by atoms with Gasteiger partial charge in [-0.15, -0.1) is 0 Å². The van der Waals surface area contributed by atoms with E-state index in [-0.39, 0.29) is 5.91 Å². The monoisotopic (exact) mass is 295 g/mol. The van der Waals surface area contributed by atoms with E-state index in [2.05, 4.69) is 12.2 Å². The van der Waals surface area contributed by atoms with E-state index in [0.29, 0.717) is 17.8 Å². The fourth-order valence-corrected chi connectivity index (χ4v) is 4.23. The number of rotatable bonds is 2. The molecule has 2 atom stereocenters. The Morgan fingerprint density at radius 2 is 2.05 bits per heavy atom. The number of piperidine rings is 1. The molecule has 0 spiro atoms. The lowest BCUT2D eigenvalue weighted by Crippen LogP contribution is -2.39. The molecule has 0 aromatic rings. The second-order valence-corrected chi connectivity index (χ2v) is 7.35. The van der Waals surface area contributed by atoms with Crippen LogP contribution in [0.5, 0.6) is 0 Å². The van der Waals surface area contributed by atoms with Gasteiger partial charge in [0.05, 0.1) is 17.8 Å². The maximum absolute atomic E-state index is 12.2. The highest BCUT2D eigenvalue weighted by molar-refractivity contribution is 8.14. The van der Waals surface area contributed by atoms with E-state index in [0.717, 1.165) is 37.0 Å². The van der Waals surface area contributed by atoms with Crippen LogP contribution in [0.25, 0.3) is 0 Å². The summed E-state index contributed by atoms with van der Waals surface area (Å²) in [6.07, 6.45) is 7.36. The Labute approximate surface area is 125 Å². The Morgan fingerprint density at radius 3 is 2.80 bits per heavy atom. The Hall–Kier alpha value is -0.710. The summed E-state index contributed by atoms with van der Waals surface area (Å²) in [5, 5.41) is 4.50. The lowest BCUT2D eigenvalue weighted by Gasteiger charge is -2.30. The van der Waals surface area contributed by atoms with Crippen LogP contribution >= 0.6 is 11.8 Å². The van der Waals surface area contributed by atoms with Crippen molar-refractivity contribution < 1.29 is 4.79 Å².